The second kappa shape index (κ2) is 5.79. The summed E-state index contributed by atoms with van der Waals surface area (Å²) in [5.74, 6) is 0.219. The summed E-state index contributed by atoms with van der Waals surface area (Å²) in [6, 6.07) is 5.87. The summed E-state index contributed by atoms with van der Waals surface area (Å²) in [6.07, 6.45) is 4.36. The fourth-order valence-corrected chi connectivity index (χ4v) is 4.02. The molecule has 0 bridgehead atoms. The molecule has 1 aliphatic carbocycles. The van der Waals surface area contributed by atoms with E-state index < -0.39 is 10.8 Å². The molecule has 1 aromatic rings. The molecule has 98 valence electrons. The lowest BCUT2D eigenvalue weighted by Gasteiger charge is -2.10. The maximum Gasteiger partial charge on any atom is 0.175 e. The van der Waals surface area contributed by atoms with Crippen molar-refractivity contribution in [2.45, 2.75) is 44.8 Å². The molecule has 0 N–H and O–H groups in total. The minimum atomic E-state index is -0.990. The highest BCUT2D eigenvalue weighted by atomic mass is 32.2. The maximum absolute atomic E-state index is 12.2. The second-order valence-electron chi connectivity index (χ2n) is 5.17. The van der Waals surface area contributed by atoms with E-state index >= 15 is 0 Å². The first kappa shape index (κ1) is 13.5. The zero-order valence-corrected chi connectivity index (χ0v) is 11.9. The van der Waals surface area contributed by atoms with Crippen molar-refractivity contribution in [2.75, 3.05) is 5.75 Å². The smallest absolute Gasteiger partial charge is 0.175 e. The zero-order chi connectivity index (χ0) is 13.1. The minimum Gasteiger partial charge on any atom is -0.293 e. The van der Waals surface area contributed by atoms with Gasteiger partial charge in [-0.15, -0.1) is 0 Å². The lowest BCUT2D eigenvalue weighted by Crippen LogP contribution is -2.20. The van der Waals surface area contributed by atoms with E-state index in [0.29, 0.717) is 0 Å². The molecule has 0 amide bonds. The summed E-state index contributed by atoms with van der Waals surface area (Å²) in [5.41, 5.74) is 2.80. The minimum absolute atomic E-state index is 0.0291. The summed E-state index contributed by atoms with van der Waals surface area (Å²) < 4.78 is 12.1. The molecular formula is C15H20O2S. The highest BCUT2D eigenvalue weighted by molar-refractivity contribution is 7.86. The van der Waals surface area contributed by atoms with E-state index in [2.05, 4.69) is 0 Å². The predicted molar refractivity (Wildman–Crippen MR) is 75.5 cm³/mol. The molecule has 0 heterocycles. The van der Waals surface area contributed by atoms with Gasteiger partial charge in [0, 0.05) is 21.6 Å². The number of aryl methyl sites for hydroxylation is 2. The third-order valence-electron chi connectivity index (χ3n) is 3.64. The Labute approximate surface area is 111 Å². The van der Waals surface area contributed by atoms with Crippen LogP contribution >= 0.6 is 0 Å². The topological polar surface area (TPSA) is 34.1 Å². The standard InChI is InChI=1S/C15H20O2S/c1-11-7-8-12(2)14(9-11)15(16)10-18(17)13-5-3-4-6-13/h7-9,13H,3-6,10H2,1-2H3. The Bertz CT molecular complexity index is 473. The molecule has 18 heavy (non-hydrogen) atoms. The molecule has 0 radical (unpaired) electrons. The second-order valence-corrected chi connectivity index (χ2v) is 6.89. The van der Waals surface area contributed by atoms with Gasteiger partial charge in [-0.2, -0.15) is 0 Å². The fourth-order valence-electron chi connectivity index (χ4n) is 2.51. The zero-order valence-electron chi connectivity index (χ0n) is 11.1. The van der Waals surface area contributed by atoms with Gasteiger partial charge in [-0.05, 0) is 38.3 Å². The van der Waals surface area contributed by atoms with Crippen LogP contribution in [0.5, 0.6) is 0 Å². The number of ketones is 1. The van der Waals surface area contributed by atoms with Crippen LogP contribution in [0.15, 0.2) is 18.2 Å². The fraction of sp³-hybridized carbons (Fsp3) is 0.533. The summed E-state index contributed by atoms with van der Waals surface area (Å²) in [6.45, 7) is 3.91. The summed E-state index contributed by atoms with van der Waals surface area (Å²) in [5, 5.41) is 0.249. The Hall–Kier alpha value is -0.960. The van der Waals surface area contributed by atoms with Gasteiger partial charge in [0.1, 0.15) is 0 Å². The van der Waals surface area contributed by atoms with Crippen LogP contribution in [-0.2, 0) is 10.8 Å². The Kier molecular flexibility index (Phi) is 4.33. The van der Waals surface area contributed by atoms with Gasteiger partial charge in [-0.3, -0.25) is 9.00 Å². The SMILES string of the molecule is Cc1ccc(C)c(C(=O)CS(=O)C2CCCC2)c1. The average molecular weight is 264 g/mol. The van der Waals surface area contributed by atoms with Crippen molar-refractivity contribution in [1.82, 2.24) is 0 Å². The van der Waals surface area contributed by atoms with Gasteiger partial charge < -0.3 is 0 Å². The van der Waals surface area contributed by atoms with Crippen LogP contribution in [0.4, 0.5) is 0 Å². The molecule has 0 saturated heterocycles. The molecule has 0 aliphatic heterocycles. The Morgan fingerprint density at radius 3 is 2.61 bits per heavy atom. The van der Waals surface area contributed by atoms with Gasteiger partial charge in [0.2, 0.25) is 0 Å². The summed E-state index contributed by atoms with van der Waals surface area (Å²) in [4.78, 5) is 12.2. The van der Waals surface area contributed by atoms with Gasteiger partial charge in [-0.1, -0.05) is 30.5 Å². The van der Waals surface area contributed by atoms with Crippen LogP contribution in [0.2, 0.25) is 0 Å². The monoisotopic (exact) mass is 264 g/mol. The number of hydrogen-bond donors (Lipinski definition) is 0. The molecule has 0 aromatic heterocycles. The first-order valence-corrected chi connectivity index (χ1v) is 7.94. The quantitative estimate of drug-likeness (QED) is 0.783. The molecule has 2 nitrogen and oxygen atoms in total. The molecule has 2 rings (SSSR count). The third-order valence-corrected chi connectivity index (χ3v) is 5.40. The lowest BCUT2D eigenvalue weighted by molar-refractivity contribution is 0.102. The molecular weight excluding hydrogens is 244 g/mol. The normalized spacial score (nSPS) is 17.9. The summed E-state index contributed by atoms with van der Waals surface area (Å²) in [7, 11) is -0.990. The van der Waals surface area contributed by atoms with Crippen molar-refractivity contribution >= 4 is 16.6 Å². The molecule has 1 unspecified atom stereocenters. The summed E-state index contributed by atoms with van der Waals surface area (Å²) >= 11 is 0. The van der Waals surface area contributed by atoms with Crippen molar-refractivity contribution in [2.24, 2.45) is 0 Å². The van der Waals surface area contributed by atoms with Gasteiger partial charge in [0.25, 0.3) is 0 Å². The average Bonchev–Trinajstić information content (AvgIpc) is 2.85. The molecule has 1 aromatic carbocycles. The van der Waals surface area contributed by atoms with Crippen LogP contribution in [0, 0.1) is 13.8 Å². The van der Waals surface area contributed by atoms with E-state index in [9.17, 15) is 9.00 Å². The lowest BCUT2D eigenvalue weighted by atomic mass is 10.0. The Morgan fingerprint density at radius 1 is 1.28 bits per heavy atom. The largest absolute Gasteiger partial charge is 0.293 e. The van der Waals surface area contributed by atoms with E-state index in [1.807, 2.05) is 32.0 Å². The van der Waals surface area contributed by atoms with Crippen molar-refractivity contribution in [3.05, 3.63) is 34.9 Å². The Balaban J connectivity index is 2.07. The van der Waals surface area contributed by atoms with E-state index in [1.165, 1.54) is 0 Å². The van der Waals surface area contributed by atoms with E-state index in [-0.39, 0.29) is 16.8 Å². The molecule has 3 heteroatoms. The highest BCUT2D eigenvalue weighted by Crippen LogP contribution is 2.23. The van der Waals surface area contributed by atoms with Crippen molar-refractivity contribution < 1.29 is 9.00 Å². The number of Topliss-reactive ketones (excluding diaryl/α,β-unsaturated/α-hetero) is 1. The third kappa shape index (κ3) is 3.08. The van der Waals surface area contributed by atoms with Crippen molar-refractivity contribution in [1.29, 1.82) is 0 Å². The maximum atomic E-state index is 12.2. The van der Waals surface area contributed by atoms with E-state index in [1.54, 1.807) is 0 Å². The molecule has 1 atom stereocenters. The van der Waals surface area contributed by atoms with Crippen molar-refractivity contribution in [3.8, 4) is 0 Å². The van der Waals surface area contributed by atoms with Crippen LogP contribution in [0.25, 0.3) is 0 Å². The van der Waals surface area contributed by atoms with Gasteiger partial charge in [0.15, 0.2) is 5.78 Å². The van der Waals surface area contributed by atoms with E-state index in [0.717, 1.165) is 42.4 Å². The predicted octanol–water partition coefficient (Wildman–Crippen LogP) is 3.18. The van der Waals surface area contributed by atoms with Crippen LogP contribution in [0.3, 0.4) is 0 Å². The van der Waals surface area contributed by atoms with Crippen LogP contribution in [-0.4, -0.2) is 21.0 Å². The van der Waals surface area contributed by atoms with Gasteiger partial charge in [-0.25, -0.2) is 0 Å². The highest BCUT2D eigenvalue weighted by Gasteiger charge is 2.24. The molecule has 1 aliphatic rings. The van der Waals surface area contributed by atoms with Gasteiger partial charge >= 0.3 is 0 Å². The Morgan fingerprint density at radius 2 is 1.94 bits per heavy atom. The van der Waals surface area contributed by atoms with E-state index in [4.69, 9.17) is 0 Å². The van der Waals surface area contributed by atoms with Crippen molar-refractivity contribution in [3.63, 3.8) is 0 Å². The number of rotatable bonds is 4. The first-order chi connectivity index (χ1) is 8.58. The number of hydrogen-bond acceptors (Lipinski definition) is 2. The number of carbonyl (C=O) groups is 1. The van der Waals surface area contributed by atoms with Crippen LogP contribution in [0.1, 0.15) is 47.2 Å². The molecule has 0 spiro atoms. The van der Waals surface area contributed by atoms with Gasteiger partial charge in [0.05, 0.1) is 5.75 Å². The molecule has 1 saturated carbocycles. The van der Waals surface area contributed by atoms with Crippen LogP contribution < -0.4 is 0 Å². The molecule has 1 fully saturated rings. The number of carbonyl (C=O) groups excluding carboxylic acids is 1. The number of benzene rings is 1. The first-order valence-electron chi connectivity index (χ1n) is 6.55.